The van der Waals surface area contributed by atoms with Crippen LogP contribution in [0.1, 0.15) is 5.56 Å². The Hall–Kier alpha value is -1.52. The lowest BCUT2D eigenvalue weighted by atomic mass is 10.2. The molecule has 0 aliphatic heterocycles. The first-order chi connectivity index (χ1) is 9.78. The summed E-state index contributed by atoms with van der Waals surface area (Å²) in [5, 5.41) is 3.34. The average molecular weight is 336 g/mol. The Labute approximate surface area is 128 Å². The maximum absolute atomic E-state index is 5.67. The van der Waals surface area contributed by atoms with E-state index in [9.17, 15) is 0 Å². The zero-order chi connectivity index (χ0) is 14.2. The molecule has 0 amide bonds. The summed E-state index contributed by atoms with van der Waals surface area (Å²) in [6.45, 7) is 2.00. The molecule has 0 heterocycles. The second-order valence-corrected chi connectivity index (χ2v) is 5.28. The summed E-state index contributed by atoms with van der Waals surface area (Å²) in [7, 11) is 1.70. The summed E-state index contributed by atoms with van der Waals surface area (Å²) in [6, 6.07) is 16.0. The van der Waals surface area contributed by atoms with E-state index in [2.05, 4.69) is 27.3 Å². The lowest BCUT2D eigenvalue weighted by molar-refractivity contribution is 0.185. The minimum atomic E-state index is 0.616. The van der Waals surface area contributed by atoms with Crippen LogP contribution in [0.5, 0.6) is 5.75 Å². The van der Waals surface area contributed by atoms with Gasteiger partial charge in [0.15, 0.2) is 0 Å². The first-order valence-corrected chi connectivity index (χ1v) is 7.27. The summed E-state index contributed by atoms with van der Waals surface area (Å²) in [4.78, 5) is 0. The van der Waals surface area contributed by atoms with Crippen molar-refractivity contribution in [3.63, 3.8) is 0 Å². The van der Waals surface area contributed by atoms with Gasteiger partial charge in [0.1, 0.15) is 12.4 Å². The highest BCUT2D eigenvalue weighted by Gasteiger charge is 1.97. The minimum absolute atomic E-state index is 0.616. The molecule has 0 atom stereocenters. The first-order valence-electron chi connectivity index (χ1n) is 6.48. The van der Waals surface area contributed by atoms with Crippen molar-refractivity contribution in [3.05, 3.63) is 58.6 Å². The normalized spacial score (nSPS) is 10.3. The molecule has 0 bridgehead atoms. The fourth-order valence-corrected chi connectivity index (χ4v) is 2.24. The van der Waals surface area contributed by atoms with Crippen molar-refractivity contribution in [1.82, 2.24) is 0 Å². The molecule has 3 nitrogen and oxygen atoms in total. The van der Waals surface area contributed by atoms with Gasteiger partial charge in [0.2, 0.25) is 0 Å². The highest BCUT2D eigenvalue weighted by Crippen LogP contribution is 2.17. The van der Waals surface area contributed by atoms with Gasteiger partial charge in [-0.05, 0) is 35.9 Å². The molecule has 0 saturated heterocycles. The Bertz CT molecular complexity index is 546. The molecule has 0 unspecified atom stereocenters. The summed E-state index contributed by atoms with van der Waals surface area (Å²) < 4.78 is 11.8. The fourth-order valence-electron chi connectivity index (χ4n) is 1.86. The molecular weight excluding hydrogens is 318 g/mol. The molecule has 2 aromatic carbocycles. The third kappa shape index (κ3) is 4.87. The van der Waals surface area contributed by atoms with Crippen molar-refractivity contribution in [1.29, 1.82) is 0 Å². The van der Waals surface area contributed by atoms with Crippen LogP contribution in [-0.2, 0) is 11.3 Å². The predicted molar refractivity (Wildman–Crippen MR) is 85.3 cm³/mol. The van der Waals surface area contributed by atoms with E-state index < -0.39 is 0 Å². The molecule has 0 aliphatic carbocycles. The number of benzene rings is 2. The number of ether oxygens (including phenoxy) is 2. The van der Waals surface area contributed by atoms with E-state index in [1.54, 1.807) is 7.11 Å². The molecule has 4 heteroatoms. The van der Waals surface area contributed by atoms with Crippen LogP contribution in [0.3, 0.4) is 0 Å². The molecule has 20 heavy (non-hydrogen) atoms. The lowest BCUT2D eigenvalue weighted by Crippen LogP contribution is -2.11. The van der Waals surface area contributed by atoms with Gasteiger partial charge < -0.3 is 14.8 Å². The molecule has 106 valence electrons. The fraction of sp³-hybridized carbons (Fsp3) is 0.250. The van der Waals surface area contributed by atoms with Crippen LogP contribution in [0, 0.1) is 0 Å². The summed E-state index contributed by atoms with van der Waals surface area (Å²) in [6.07, 6.45) is 0. The molecule has 0 saturated carbocycles. The quantitative estimate of drug-likeness (QED) is 0.773. The van der Waals surface area contributed by atoms with Gasteiger partial charge in [0.25, 0.3) is 0 Å². The number of anilines is 1. The third-order valence-electron chi connectivity index (χ3n) is 2.73. The molecule has 0 aromatic heterocycles. The van der Waals surface area contributed by atoms with Crippen LogP contribution in [0.2, 0.25) is 0 Å². The second-order valence-electron chi connectivity index (χ2n) is 4.37. The molecule has 0 spiro atoms. The van der Waals surface area contributed by atoms with Crippen molar-refractivity contribution in [3.8, 4) is 5.75 Å². The van der Waals surface area contributed by atoms with E-state index in [1.807, 2.05) is 42.5 Å². The van der Waals surface area contributed by atoms with Gasteiger partial charge in [-0.2, -0.15) is 0 Å². The summed E-state index contributed by atoms with van der Waals surface area (Å²) in [5.74, 6) is 0.870. The zero-order valence-corrected chi connectivity index (χ0v) is 13.0. The Morgan fingerprint density at radius 3 is 2.75 bits per heavy atom. The molecule has 0 radical (unpaired) electrons. The van der Waals surface area contributed by atoms with E-state index in [0.717, 1.165) is 28.0 Å². The summed E-state index contributed by atoms with van der Waals surface area (Å²) in [5.41, 5.74) is 2.24. The highest BCUT2D eigenvalue weighted by molar-refractivity contribution is 9.10. The number of methoxy groups -OCH3 is 1. The smallest absolute Gasteiger partial charge is 0.120 e. The van der Waals surface area contributed by atoms with Gasteiger partial charge >= 0.3 is 0 Å². The van der Waals surface area contributed by atoms with E-state index >= 15 is 0 Å². The maximum atomic E-state index is 5.67. The van der Waals surface area contributed by atoms with E-state index in [1.165, 1.54) is 0 Å². The van der Waals surface area contributed by atoms with Crippen LogP contribution in [0.4, 0.5) is 5.69 Å². The number of hydrogen-bond donors (Lipinski definition) is 1. The molecule has 2 rings (SSSR count). The van der Waals surface area contributed by atoms with Gasteiger partial charge in [0, 0.05) is 23.8 Å². The van der Waals surface area contributed by atoms with Crippen LogP contribution in [-0.4, -0.2) is 20.3 Å². The number of nitrogens with one attached hydrogen (secondary N) is 1. The Morgan fingerprint density at radius 2 is 1.95 bits per heavy atom. The van der Waals surface area contributed by atoms with Crippen molar-refractivity contribution in [2.24, 2.45) is 0 Å². The number of rotatable bonds is 7. The van der Waals surface area contributed by atoms with Crippen LogP contribution < -0.4 is 10.1 Å². The summed E-state index contributed by atoms with van der Waals surface area (Å²) >= 11 is 3.42. The minimum Gasteiger partial charge on any atom is -0.492 e. The Kier molecular flexibility index (Phi) is 5.89. The van der Waals surface area contributed by atoms with Gasteiger partial charge in [-0.15, -0.1) is 0 Å². The van der Waals surface area contributed by atoms with Crippen LogP contribution in [0.25, 0.3) is 0 Å². The zero-order valence-electron chi connectivity index (χ0n) is 11.4. The largest absolute Gasteiger partial charge is 0.492 e. The Balaban J connectivity index is 1.77. The highest BCUT2D eigenvalue weighted by atomic mass is 79.9. The van der Waals surface area contributed by atoms with E-state index in [-0.39, 0.29) is 0 Å². The second kappa shape index (κ2) is 7.92. The molecule has 2 aromatic rings. The SMILES string of the molecule is COCc1cccc(NCCOc2cccc(Br)c2)c1. The van der Waals surface area contributed by atoms with Crippen molar-refractivity contribution in [2.45, 2.75) is 6.61 Å². The molecule has 1 N–H and O–H groups in total. The molecule has 0 aliphatic rings. The standard InChI is InChI=1S/C16H18BrNO2/c1-19-12-13-4-2-6-15(10-13)18-8-9-20-16-7-3-5-14(17)11-16/h2-7,10-11,18H,8-9,12H2,1H3. The van der Waals surface area contributed by atoms with Gasteiger partial charge in [-0.1, -0.05) is 34.1 Å². The molecular formula is C16H18BrNO2. The van der Waals surface area contributed by atoms with Crippen molar-refractivity contribution in [2.75, 3.05) is 25.6 Å². The van der Waals surface area contributed by atoms with E-state index in [0.29, 0.717) is 13.2 Å². The average Bonchev–Trinajstić information content (AvgIpc) is 2.45. The predicted octanol–water partition coefficient (Wildman–Crippen LogP) is 4.09. The first kappa shape index (κ1) is 14.9. The van der Waals surface area contributed by atoms with Gasteiger partial charge in [-0.3, -0.25) is 0 Å². The Morgan fingerprint density at radius 1 is 1.10 bits per heavy atom. The third-order valence-corrected chi connectivity index (χ3v) is 3.23. The van der Waals surface area contributed by atoms with Crippen LogP contribution >= 0.6 is 15.9 Å². The molecule has 0 fully saturated rings. The maximum Gasteiger partial charge on any atom is 0.120 e. The van der Waals surface area contributed by atoms with Crippen molar-refractivity contribution < 1.29 is 9.47 Å². The van der Waals surface area contributed by atoms with Gasteiger partial charge in [0.05, 0.1) is 6.61 Å². The van der Waals surface area contributed by atoms with E-state index in [4.69, 9.17) is 9.47 Å². The monoisotopic (exact) mass is 335 g/mol. The topological polar surface area (TPSA) is 30.5 Å². The van der Waals surface area contributed by atoms with Gasteiger partial charge in [-0.25, -0.2) is 0 Å². The lowest BCUT2D eigenvalue weighted by Gasteiger charge is -2.10. The van der Waals surface area contributed by atoms with Crippen molar-refractivity contribution >= 4 is 21.6 Å². The number of halogens is 1. The number of hydrogen-bond acceptors (Lipinski definition) is 3. The van der Waals surface area contributed by atoms with Crippen LogP contribution in [0.15, 0.2) is 53.0 Å².